The first-order valence-electron chi connectivity index (χ1n) is 4.70. The fraction of sp³-hybridized carbons (Fsp3) is 0.556. The van der Waals surface area contributed by atoms with Crippen LogP contribution in [-0.2, 0) is 9.47 Å². The van der Waals surface area contributed by atoms with Crippen LogP contribution in [0, 0.1) is 0 Å². The van der Waals surface area contributed by atoms with Crippen LogP contribution in [0.25, 0.3) is 0 Å². The molecule has 1 aromatic rings. The van der Waals surface area contributed by atoms with Gasteiger partial charge in [-0.25, -0.2) is 9.78 Å². The number of carbonyl (C=O) groups is 1. The quantitative estimate of drug-likeness (QED) is 0.694. The van der Waals surface area contributed by atoms with Gasteiger partial charge in [0, 0.05) is 13.2 Å². The third-order valence-corrected chi connectivity index (χ3v) is 1.74. The molecule has 6 nitrogen and oxygen atoms in total. The van der Waals surface area contributed by atoms with E-state index in [4.69, 9.17) is 14.6 Å². The van der Waals surface area contributed by atoms with Crippen molar-refractivity contribution in [2.75, 3.05) is 13.2 Å². The van der Waals surface area contributed by atoms with Gasteiger partial charge in [0.25, 0.3) is 0 Å². The van der Waals surface area contributed by atoms with Crippen molar-refractivity contribution in [3.8, 4) is 0 Å². The molecule has 2 N–H and O–H groups in total. The number of ether oxygens (including phenoxy) is 2. The molecule has 0 saturated carbocycles. The van der Waals surface area contributed by atoms with Gasteiger partial charge in [-0.05, 0) is 13.8 Å². The van der Waals surface area contributed by atoms with E-state index in [1.807, 2.05) is 13.8 Å². The lowest BCUT2D eigenvalue weighted by molar-refractivity contribution is -0.142. The van der Waals surface area contributed by atoms with Crippen LogP contribution >= 0.6 is 0 Å². The zero-order valence-corrected chi connectivity index (χ0v) is 8.69. The summed E-state index contributed by atoms with van der Waals surface area (Å²) in [7, 11) is 0. The molecule has 0 aliphatic carbocycles. The van der Waals surface area contributed by atoms with Crippen LogP contribution in [0.15, 0.2) is 6.33 Å². The largest absolute Gasteiger partial charge is 0.476 e. The van der Waals surface area contributed by atoms with Crippen molar-refractivity contribution in [1.82, 2.24) is 9.97 Å². The number of carboxylic acid groups (broad SMARTS) is 1. The highest BCUT2D eigenvalue weighted by Crippen LogP contribution is 2.19. The lowest BCUT2D eigenvalue weighted by atomic mass is 10.3. The SMILES string of the molecule is CCOC(OCC)c1[nH]cnc1C(=O)O. The Kier molecular flexibility index (Phi) is 4.26. The molecular formula is C9H14N2O4. The third kappa shape index (κ3) is 2.77. The molecule has 0 aromatic carbocycles. The molecule has 15 heavy (non-hydrogen) atoms. The summed E-state index contributed by atoms with van der Waals surface area (Å²) in [6.45, 7) is 4.48. The van der Waals surface area contributed by atoms with E-state index in [9.17, 15) is 4.79 Å². The average molecular weight is 214 g/mol. The number of aromatic nitrogens is 2. The number of imidazole rings is 1. The van der Waals surface area contributed by atoms with Crippen LogP contribution in [0.1, 0.15) is 36.3 Å². The molecular weight excluding hydrogens is 200 g/mol. The van der Waals surface area contributed by atoms with Gasteiger partial charge in [0.15, 0.2) is 5.69 Å². The third-order valence-electron chi connectivity index (χ3n) is 1.74. The molecule has 0 aliphatic rings. The zero-order valence-electron chi connectivity index (χ0n) is 8.69. The minimum absolute atomic E-state index is 0.0677. The maximum absolute atomic E-state index is 10.8. The minimum atomic E-state index is -1.10. The molecule has 6 heteroatoms. The molecule has 0 saturated heterocycles. The van der Waals surface area contributed by atoms with E-state index in [0.717, 1.165) is 0 Å². The minimum Gasteiger partial charge on any atom is -0.476 e. The number of carboxylic acids is 1. The van der Waals surface area contributed by atoms with Crippen molar-refractivity contribution in [1.29, 1.82) is 0 Å². The summed E-state index contributed by atoms with van der Waals surface area (Å²) in [5, 5.41) is 8.85. The summed E-state index contributed by atoms with van der Waals surface area (Å²) in [5.74, 6) is -1.10. The van der Waals surface area contributed by atoms with E-state index in [2.05, 4.69) is 9.97 Å². The first-order chi connectivity index (χ1) is 7.20. The van der Waals surface area contributed by atoms with Gasteiger partial charge in [0.05, 0.1) is 6.33 Å². The first-order valence-corrected chi connectivity index (χ1v) is 4.70. The Morgan fingerprint density at radius 3 is 2.60 bits per heavy atom. The van der Waals surface area contributed by atoms with Gasteiger partial charge in [0.1, 0.15) is 5.69 Å². The predicted molar refractivity (Wildman–Crippen MR) is 51.5 cm³/mol. The van der Waals surface area contributed by atoms with Crippen LogP contribution in [-0.4, -0.2) is 34.3 Å². The Hall–Kier alpha value is -1.40. The maximum Gasteiger partial charge on any atom is 0.356 e. The van der Waals surface area contributed by atoms with Gasteiger partial charge in [-0.2, -0.15) is 0 Å². The molecule has 0 spiro atoms. The Labute approximate surface area is 87.2 Å². The summed E-state index contributed by atoms with van der Waals surface area (Å²) >= 11 is 0. The van der Waals surface area contributed by atoms with Crippen LogP contribution in [0.2, 0.25) is 0 Å². The summed E-state index contributed by atoms with van der Waals surface area (Å²) < 4.78 is 10.5. The monoisotopic (exact) mass is 214 g/mol. The van der Waals surface area contributed by atoms with Gasteiger partial charge in [-0.3, -0.25) is 0 Å². The fourth-order valence-electron chi connectivity index (χ4n) is 1.17. The number of rotatable bonds is 6. The van der Waals surface area contributed by atoms with E-state index in [1.54, 1.807) is 0 Å². The number of hydrogen-bond acceptors (Lipinski definition) is 4. The molecule has 1 heterocycles. The topological polar surface area (TPSA) is 84.4 Å². The molecule has 0 aliphatic heterocycles. The molecule has 1 rings (SSSR count). The lowest BCUT2D eigenvalue weighted by Crippen LogP contribution is -2.13. The van der Waals surface area contributed by atoms with Gasteiger partial charge in [-0.1, -0.05) is 0 Å². The summed E-state index contributed by atoms with van der Waals surface area (Å²) in [6, 6.07) is 0. The van der Waals surface area contributed by atoms with E-state index in [-0.39, 0.29) is 5.69 Å². The van der Waals surface area contributed by atoms with Crippen LogP contribution < -0.4 is 0 Å². The zero-order chi connectivity index (χ0) is 11.3. The van der Waals surface area contributed by atoms with Crippen LogP contribution in [0.4, 0.5) is 0 Å². The van der Waals surface area contributed by atoms with Crippen molar-refractivity contribution in [3.05, 3.63) is 17.7 Å². The smallest absolute Gasteiger partial charge is 0.356 e. The van der Waals surface area contributed by atoms with Gasteiger partial charge in [-0.15, -0.1) is 0 Å². The number of hydrogen-bond donors (Lipinski definition) is 2. The highest BCUT2D eigenvalue weighted by molar-refractivity contribution is 5.86. The molecule has 0 bridgehead atoms. The lowest BCUT2D eigenvalue weighted by Gasteiger charge is -2.15. The normalized spacial score (nSPS) is 10.9. The first kappa shape index (κ1) is 11.7. The summed E-state index contributed by atoms with van der Waals surface area (Å²) in [4.78, 5) is 17.2. The van der Waals surface area contributed by atoms with Gasteiger partial charge < -0.3 is 19.6 Å². The van der Waals surface area contributed by atoms with Crippen LogP contribution in [0.5, 0.6) is 0 Å². The van der Waals surface area contributed by atoms with Gasteiger partial charge >= 0.3 is 5.97 Å². The fourth-order valence-corrected chi connectivity index (χ4v) is 1.17. The molecule has 84 valence electrons. The number of aromatic carboxylic acids is 1. The number of aromatic amines is 1. The van der Waals surface area contributed by atoms with Crippen LogP contribution in [0.3, 0.4) is 0 Å². The van der Waals surface area contributed by atoms with Crippen molar-refractivity contribution in [2.45, 2.75) is 20.1 Å². The summed E-state index contributed by atoms with van der Waals surface area (Å²) in [6.07, 6.45) is 0.609. The standard InChI is InChI=1S/C9H14N2O4/c1-3-14-9(15-4-2)7-6(8(12)13)10-5-11-7/h5,9H,3-4H2,1-2H3,(H,10,11)(H,12,13). The number of nitrogens with zero attached hydrogens (tertiary/aromatic N) is 1. The Bertz CT molecular complexity index is 318. The molecule has 0 unspecified atom stereocenters. The van der Waals surface area contributed by atoms with Crippen molar-refractivity contribution in [2.24, 2.45) is 0 Å². The van der Waals surface area contributed by atoms with E-state index in [1.165, 1.54) is 6.33 Å². The second-order valence-corrected chi connectivity index (χ2v) is 2.71. The van der Waals surface area contributed by atoms with E-state index < -0.39 is 12.3 Å². The molecule has 0 radical (unpaired) electrons. The highest BCUT2D eigenvalue weighted by Gasteiger charge is 2.22. The van der Waals surface area contributed by atoms with Crippen molar-refractivity contribution >= 4 is 5.97 Å². The Morgan fingerprint density at radius 1 is 1.53 bits per heavy atom. The van der Waals surface area contributed by atoms with E-state index >= 15 is 0 Å². The number of nitrogens with one attached hydrogen (secondary N) is 1. The molecule has 1 aromatic heterocycles. The predicted octanol–water partition coefficient (Wildman–Crippen LogP) is 1.18. The number of H-pyrrole nitrogens is 1. The second kappa shape index (κ2) is 5.47. The molecule has 0 fully saturated rings. The Morgan fingerprint density at radius 2 is 2.13 bits per heavy atom. The Balaban J connectivity index is 2.89. The molecule has 0 atom stereocenters. The average Bonchev–Trinajstić information content (AvgIpc) is 2.65. The second-order valence-electron chi connectivity index (χ2n) is 2.71. The molecule has 0 amide bonds. The summed E-state index contributed by atoms with van der Waals surface area (Å²) in [5.41, 5.74) is 0.271. The van der Waals surface area contributed by atoms with E-state index in [0.29, 0.717) is 18.9 Å². The van der Waals surface area contributed by atoms with Gasteiger partial charge in [0.2, 0.25) is 6.29 Å². The highest BCUT2D eigenvalue weighted by atomic mass is 16.7. The van der Waals surface area contributed by atoms with Crippen molar-refractivity contribution in [3.63, 3.8) is 0 Å². The maximum atomic E-state index is 10.8. The van der Waals surface area contributed by atoms with Crippen molar-refractivity contribution < 1.29 is 19.4 Å².